The monoisotopic (exact) mass is 731 g/mol. The van der Waals surface area contributed by atoms with Crippen molar-refractivity contribution in [2.24, 2.45) is 0 Å². The molecule has 5 atom stereocenters. The lowest BCUT2D eigenvalue weighted by Crippen LogP contribution is -2.41. The minimum Gasteiger partial charge on any atom is -0.351 e. The number of nitrogens with zero attached hydrogens (tertiary/aromatic N) is 3. The average molecular weight is 732 g/mol. The minimum absolute atomic E-state index is 0.0220. The molecule has 2 saturated heterocycles. The Morgan fingerprint density at radius 2 is 1.76 bits per heavy atom. The highest BCUT2D eigenvalue weighted by Gasteiger charge is 2.50. The molecule has 1 aromatic rings. The first-order chi connectivity index (χ1) is 23.7. The van der Waals surface area contributed by atoms with Crippen molar-refractivity contribution in [1.82, 2.24) is 20.2 Å². The number of nitrogens with one attached hydrogen (secondary N) is 2. The second-order valence-electron chi connectivity index (χ2n) is 14.7. The number of imide groups is 1. The van der Waals surface area contributed by atoms with E-state index in [1.807, 2.05) is 31.2 Å². The van der Waals surface area contributed by atoms with Crippen LogP contribution < -0.4 is 10.6 Å². The van der Waals surface area contributed by atoms with E-state index in [1.165, 1.54) is 4.90 Å². The van der Waals surface area contributed by atoms with Crippen LogP contribution in [0.15, 0.2) is 24.3 Å². The second kappa shape index (κ2) is 19.9. The average Bonchev–Trinajstić information content (AvgIpc) is 3.60. The molecule has 0 saturated carbocycles. The first-order valence-corrected chi connectivity index (χ1v) is 20.2. The summed E-state index contributed by atoms with van der Waals surface area (Å²) in [7, 11) is -1.40. The molecule has 11 nitrogen and oxygen atoms in total. The maximum atomic E-state index is 13.3. The Hall–Kier alpha value is -2.55. The molecule has 13 heteroatoms. The van der Waals surface area contributed by atoms with Crippen molar-refractivity contribution in [2.75, 3.05) is 19.0 Å². The molecule has 2 aliphatic heterocycles. The molecule has 0 aliphatic carbocycles. The van der Waals surface area contributed by atoms with E-state index in [0.717, 1.165) is 18.4 Å². The van der Waals surface area contributed by atoms with Crippen LogP contribution in [0.2, 0.25) is 0 Å². The zero-order valence-electron chi connectivity index (χ0n) is 31.2. The number of hydrogen-bond donors (Lipinski definition) is 2. The SMILES string of the molecule is CCC(COP(OCCC#N)N(C(C)C)C(C)C)NC(=O)CCC(=O)CCCC[C@@H]1SC[C@H]2[C@@H]1NC(=O)N2C(=O)c1ccc(C(C)(C)C)cc1. The number of Topliss-reactive ketones (excluding diaryl/α,β-unsaturated/α-hetero) is 1. The van der Waals surface area contributed by atoms with E-state index in [-0.39, 0.29) is 97.0 Å². The third-order valence-electron chi connectivity index (χ3n) is 9.08. The molecule has 2 fully saturated rings. The fourth-order valence-corrected chi connectivity index (χ4v) is 9.54. The minimum atomic E-state index is -1.40. The van der Waals surface area contributed by atoms with Crippen LogP contribution in [0, 0.1) is 11.3 Å². The van der Waals surface area contributed by atoms with Gasteiger partial charge in [0.15, 0.2) is 0 Å². The van der Waals surface area contributed by atoms with Gasteiger partial charge in [-0.1, -0.05) is 46.2 Å². The Bertz CT molecular complexity index is 1320. The maximum absolute atomic E-state index is 13.3. The van der Waals surface area contributed by atoms with Gasteiger partial charge >= 0.3 is 6.03 Å². The van der Waals surface area contributed by atoms with Gasteiger partial charge in [-0.2, -0.15) is 17.0 Å². The van der Waals surface area contributed by atoms with Gasteiger partial charge in [-0.05, 0) is 70.1 Å². The van der Waals surface area contributed by atoms with E-state index in [4.69, 9.17) is 14.3 Å². The van der Waals surface area contributed by atoms with Gasteiger partial charge in [-0.3, -0.25) is 19.3 Å². The van der Waals surface area contributed by atoms with Gasteiger partial charge in [0.25, 0.3) is 14.4 Å². The van der Waals surface area contributed by atoms with E-state index in [0.29, 0.717) is 30.6 Å². The number of benzene rings is 1. The number of carbonyl (C=O) groups excluding carboxylic acids is 4. The summed E-state index contributed by atoms with van der Waals surface area (Å²) in [5, 5.41) is 15.2. The Morgan fingerprint density at radius 3 is 2.36 bits per heavy atom. The van der Waals surface area contributed by atoms with E-state index in [2.05, 4.69) is 69.8 Å². The predicted molar refractivity (Wildman–Crippen MR) is 200 cm³/mol. The van der Waals surface area contributed by atoms with Crippen molar-refractivity contribution in [1.29, 1.82) is 5.26 Å². The van der Waals surface area contributed by atoms with Crippen molar-refractivity contribution in [3.05, 3.63) is 35.4 Å². The third-order valence-corrected chi connectivity index (χ3v) is 12.7. The Labute approximate surface area is 304 Å². The zero-order valence-corrected chi connectivity index (χ0v) is 32.9. The van der Waals surface area contributed by atoms with Crippen LogP contribution in [0.3, 0.4) is 0 Å². The number of ketones is 1. The number of unbranched alkanes of at least 4 members (excludes halogenated alkanes) is 1. The molecule has 1 aromatic carbocycles. The summed E-state index contributed by atoms with van der Waals surface area (Å²) < 4.78 is 14.3. The van der Waals surface area contributed by atoms with Crippen molar-refractivity contribution in [3.8, 4) is 6.07 Å². The Kier molecular flexibility index (Phi) is 16.7. The fraction of sp³-hybridized carbons (Fsp3) is 0.703. The third kappa shape index (κ3) is 12.0. The van der Waals surface area contributed by atoms with Gasteiger partial charge in [0.05, 0.1) is 43.8 Å². The number of thioether (sulfide) groups is 1. The standard InChI is InChI=1S/C37H58N5O6PS/c1-9-29(23-48-49(47-22-12-21-38)42(25(2)3)26(4)5)39-33(44)20-19-30(43)13-10-11-14-32-34-31(24-50-32)41(36(46)40-34)35(45)27-15-17-28(18-16-27)37(6,7)8/h15-18,25-26,29,31-32,34H,9-14,19-20,22-24H2,1-8H3,(H,39,44)(H,40,46)/t29?,31-,32-,34-,49?/m0/s1. The highest BCUT2D eigenvalue weighted by Crippen LogP contribution is 2.46. The van der Waals surface area contributed by atoms with Crippen LogP contribution in [-0.2, 0) is 24.1 Å². The topological polar surface area (TPSA) is 141 Å². The molecule has 2 unspecified atom stereocenters. The molecule has 2 heterocycles. The lowest BCUT2D eigenvalue weighted by molar-refractivity contribution is -0.126. The molecule has 2 N–H and O–H groups in total. The first-order valence-electron chi connectivity index (χ1n) is 18.1. The largest absolute Gasteiger partial charge is 0.351 e. The zero-order chi connectivity index (χ0) is 37.0. The molecule has 3 rings (SSSR count). The smallest absolute Gasteiger partial charge is 0.325 e. The van der Waals surface area contributed by atoms with E-state index in [9.17, 15) is 19.2 Å². The van der Waals surface area contributed by atoms with Gasteiger partial charge < -0.3 is 19.7 Å². The molecular formula is C37H58N5O6PS. The van der Waals surface area contributed by atoms with Gasteiger partial charge in [-0.15, -0.1) is 0 Å². The van der Waals surface area contributed by atoms with Crippen molar-refractivity contribution < 1.29 is 28.2 Å². The second-order valence-corrected chi connectivity index (χ2v) is 17.4. The van der Waals surface area contributed by atoms with E-state index < -0.39 is 8.53 Å². The number of amides is 4. The summed E-state index contributed by atoms with van der Waals surface area (Å²) in [4.78, 5) is 53.0. The van der Waals surface area contributed by atoms with Crippen molar-refractivity contribution in [2.45, 2.75) is 148 Å². The van der Waals surface area contributed by atoms with Crippen molar-refractivity contribution >= 4 is 43.9 Å². The van der Waals surface area contributed by atoms with Crippen LogP contribution in [0.1, 0.15) is 123 Å². The lowest BCUT2D eigenvalue weighted by atomic mass is 9.86. The molecular weight excluding hydrogens is 673 g/mol. The molecule has 0 aromatic heterocycles. The lowest BCUT2D eigenvalue weighted by Gasteiger charge is -2.36. The fourth-order valence-electron chi connectivity index (χ4n) is 6.30. The molecule has 4 amide bonds. The van der Waals surface area contributed by atoms with Gasteiger partial charge in [0, 0.05) is 47.9 Å². The number of fused-ring (bicyclic) bond motifs is 1. The number of hydrogen-bond acceptors (Lipinski definition) is 9. The van der Waals surface area contributed by atoms with Crippen LogP contribution >= 0.6 is 20.3 Å². The normalized spacial score (nSPS) is 20.2. The Balaban J connectivity index is 1.38. The summed E-state index contributed by atoms with van der Waals surface area (Å²) >= 11 is 1.77. The first kappa shape index (κ1) is 41.9. The highest BCUT2D eigenvalue weighted by atomic mass is 32.2. The predicted octanol–water partition coefficient (Wildman–Crippen LogP) is 7.10. The van der Waals surface area contributed by atoms with Gasteiger partial charge in [0.1, 0.15) is 5.78 Å². The summed E-state index contributed by atoms with van der Waals surface area (Å²) in [6.45, 7) is 17.2. The van der Waals surface area contributed by atoms with Crippen LogP contribution in [-0.4, -0.2) is 87.6 Å². The number of urea groups is 1. The molecule has 2 aliphatic rings. The van der Waals surface area contributed by atoms with E-state index >= 15 is 0 Å². The number of nitriles is 1. The molecule has 0 radical (unpaired) electrons. The molecule has 278 valence electrons. The van der Waals surface area contributed by atoms with E-state index in [1.54, 1.807) is 11.8 Å². The molecule has 0 bridgehead atoms. The number of carbonyl (C=O) groups is 4. The van der Waals surface area contributed by atoms with Crippen LogP contribution in [0.5, 0.6) is 0 Å². The van der Waals surface area contributed by atoms with Crippen molar-refractivity contribution in [3.63, 3.8) is 0 Å². The summed E-state index contributed by atoms with van der Waals surface area (Å²) in [5.74, 6) is 0.312. The summed E-state index contributed by atoms with van der Waals surface area (Å²) in [6.07, 6.45) is 4.06. The summed E-state index contributed by atoms with van der Waals surface area (Å²) in [5.41, 5.74) is 1.62. The quantitative estimate of drug-likeness (QED) is 0.0817. The maximum Gasteiger partial charge on any atom is 0.325 e. The van der Waals surface area contributed by atoms with Gasteiger partial charge in [0.2, 0.25) is 5.91 Å². The summed E-state index contributed by atoms with van der Waals surface area (Å²) in [6, 6.07) is 9.17. The highest BCUT2D eigenvalue weighted by molar-refractivity contribution is 8.00. The van der Waals surface area contributed by atoms with Crippen LogP contribution in [0.4, 0.5) is 4.79 Å². The molecule has 50 heavy (non-hydrogen) atoms. The van der Waals surface area contributed by atoms with Crippen LogP contribution in [0.25, 0.3) is 0 Å². The number of rotatable bonds is 20. The van der Waals surface area contributed by atoms with Gasteiger partial charge in [-0.25, -0.2) is 9.46 Å². The Morgan fingerprint density at radius 1 is 1.08 bits per heavy atom. The molecule has 0 spiro atoms.